The Labute approximate surface area is 123 Å². The van der Waals surface area contributed by atoms with Crippen molar-refractivity contribution in [3.05, 3.63) is 34.9 Å². The van der Waals surface area contributed by atoms with E-state index in [2.05, 4.69) is 0 Å². The Kier molecular flexibility index (Phi) is 4.55. The minimum Gasteiger partial charge on any atom is -0.478 e. The van der Waals surface area contributed by atoms with Crippen LogP contribution in [-0.4, -0.2) is 46.9 Å². The van der Waals surface area contributed by atoms with Gasteiger partial charge in [0.1, 0.15) is 0 Å². The lowest BCUT2D eigenvalue weighted by Gasteiger charge is -2.20. The van der Waals surface area contributed by atoms with Gasteiger partial charge in [0.2, 0.25) is 5.91 Å². The van der Waals surface area contributed by atoms with E-state index in [1.807, 2.05) is 17.0 Å². The molecule has 2 rings (SSSR count). The van der Waals surface area contributed by atoms with Crippen molar-refractivity contribution in [2.24, 2.45) is 0 Å². The molecular weight excluding hydrogens is 270 g/mol. The molecule has 0 aliphatic carbocycles. The molecule has 6 heteroatoms. The second-order valence-electron chi connectivity index (χ2n) is 5.16. The van der Waals surface area contributed by atoms with Gasteiger partial charge in [-0.05, 0) is 23.3 Å². The van der Waals surface area contributed by atoms with Crippen LogP contribution in [0.4, 0.5) is 0 Å². The molecule has 6 nitrogen and oxygen atoms in total. The van der Waals surface area contributed by atoms with Crippen LogP contribution in [0.5, 0.6) is 0 Å². The summed E-state index contributed by atoms with van der Waals surface area (Å²) in [5.74, 6) is -0.972. The molecule has 0 saturated carbocycles. The second kappa shape index (κ2) is 6.37. The van der Waals surface area contributed by atoms with Crippen molar-refractivity contribution < 1.29 is 14.7 Å². The van der Waals surface area contributed by atoms with Gasteiger partial charge in [-0.25, -0.2) is 4.79 Å². The van der Waals surface area contributed by atoms with Gasteiger partial charge in [0.05, 0.1) is 24.6 Å². The number of aromatic carboxylic acids is 1. The van der Waals surface area contributed by atoms with Gasteiger partial charge in [0, 0.05) is 26.7 Å². The number of carbonyl (C=O) groups excluding carboxylic acids is 1. The first-order chi connectivity index (χ1) is 10.0. The molecule has 1 aliphatic rings. The standard InChI is InChI=1S/C15H17N3O3/c1-17(6-2-5-16)14(19)10-18-8-12-4-3-11(15(20)21)7-13(12)9-18/h3-4,7H,2,6,8-10H2,1H3,(H,20,21). The van der Waals surface area contributed by atoms with Crippen molar-refractivity contribution in [1.29, 1.82) is 5.26 Å². The molecule has 0 bridgehead atoms. The number of hydrogen-bond acceptors (Lipinski definition) is 4. The van der Waals surface area contributed by atoms with Gasteiger partial charge < -0.3 is 10.0 Å². The van der Waals surface area contributed by atoms with Crippen molar-refractivity contribution in [2.45, 2.75) is 19.5 Å². The summed E-state index contributed by atoms with van der Waals surface area (Å²) in [4.78, 5) is 26.5. The number of benzene rings is 1. The normalized spacial score (nSPS) is 13.5. The SMILES string of the molecule is CN(CCC#N)C(=O)CN1Cc2ccc(C(=O)O)cc2C1. The number of nitrogens with zero attached hydrogens (tertiary/aromatic N) is 3. The molecule has 1 heterocycles. The maximum Gasteiger partial charge on any atom is 0.335 e. The van der Waals surface area contributed by atoms with Crippen LogP contribution >= 0.6 is 0 Å². The van der Waals surface area contributed by atoms with E-state index in [0.29, 0.717) is 26.1 Å². The predicted octanol–water partition coefficient (Wildman–Crippen LogP) is 1.07. The fraction of sp³-hybridized carbons (Fsp3) is 0.400. The first-order valence-electron chi connectivity index (χ1n) is 6.69. The van der Waals surface area contributed by atoms with Crippen molar-refractivity contribution in [3.63, 3.8) is 0 Å². The first kappa shape index (κ1) is 15.0. The third-order valence-corrected chi connectivity index (χ3v) is 3.58. The number of likely N-dealkylation sites (N-methyl/N-ethyl adjacent to an activating group) is 1. The Balaban J connectivity index is 1.95. The van der Waals surface area contributed by atoms with Crippen LogP contribution in [0.15, 0.2) is 18.2 Å². The molecule has 0 spiro atoms. The third kappa shape index (κ3) is 3.58. The highest BCUT2D eigenvalue weighted by Crippen LogP contribution is 2.23. The molecule has 0 aromatic heterocycles. The lowest BCUT2D eigenvalue weighted by molar-refractivity contribution is -0.131. The fourth-order valence-electron chi connectivity index (χ4n) is 2.36. The molecule has 0 fully saturated rings. The summed E-state index contributed by atoms with van der Waals surface area (Å²) >= 11 is 0. The molecule has 0 unspecified atom stereocenters. The van der Waals surface area contributed by atoms with Gasteiger partial charge in [-0.3, -0.25) is 9.69 Å². The summed E-state index contributed by atoms with van der Waals surface area (Å²) in [6.07, 6.45) is 0.324. The van der Waals surface area contributed by atoms with E-state index >= 15 is 0 Å². The van der Waals surface area contributed by atoms with Crippen LogP contribution in [0.25, 0.3) is 0 Å². The highest BCUT2D eigenvalue weighted by molar-refractivity contribution is 5.88. The Bertz CT molecular complexity index is 607. The van der Waals surface area contributed by atoms with Crippen molar-refractivity contribution in [2.75, 3.05) is 20.1 Å². The van der Waals surface area contributed by atoms with E-state index in [0.717, 1.165) is 11.1 Å². The van der Waals surface area contributed by atoms with Gasteiger partial charge in [-0.1, -0.05) is 6.07 Å². The van der Waals surface area contributed by atoms with Crippen LogP contribution in [0.3, 0.4) is 0 Å². The van der Waals surface area contributed by atoms with Crippen LogP contribution in [0, 0.1) is 11.3 Å². The quantitative estimate of drug-likeness (QED) is 0.875. The molecule has 0 saturated heterocycles. The van der Waals surface area contributed by atoms with Crippen molar-refractivity contribution >= 4 is 11.9 Å². The minimum absolute atomic E-state index is 0.0310. The number of amides is 1. The van der Waals surface area contributed by atoms with Gasteiger partial charge in [0.25, 0.3) is 0 Å². The summed E-state index contributed by atoms with van der Waals surface area (Å²) in [6.45, 7) is 1.93. The van der Waals surface area contributed by atoms with Gasteiger partial charge in [0.15, 0.2) is 0 Å². The Hall–Kier alpha value is -2.39. The van der Waals surface area contributed by atoms with Crippen LogP contribution in [0.1, 0.15) is 27.9 Å². The summed E-state index contributed by atoms with van der Waals surface area (Å²) in [6, 6.07) is 7.08. The van der Waals surface area contributed by atoms with E-state index < -0.39 is 5.97 Å². The van der Waals surface area contributed by atoms with Crippen molar-refractivity contribution in [3.8, 4) is 6.07 Å². The lowest BCUT2D eigenvalue weighted by Crippen LogP contribution is -2.36. The molecule has 1 amide bonds. The van der Waals surface area contributed by atoms with Crippen LogP contribution in [-0.2, 0) is 17.9 Å². The van der Waals surface area contributed by atoms with E-state index in [1.165, 1.54) is 0 Å². The monoisotopic (exact) mass is 287 g/mol. The van der Waals surface area contributed by atoms with Crippen LogP contribution in [0.2, 0.25) is 0 Å². The lowest BCUT2D eigenvalue weighted by atomic mass is 10.1. The third-order valence-electron chi connectivity index (χ3n) is 3.58. The molecule has 1 aromatic carbocycles. The average Bonchev–Trinajstić information content (AvgIpc) is 2.85. The molecule has 0 radical (unpaired) electrons. The maximum absolute atomic E-state index is 12.0. The highest BCUT2D eigenvalue weighted by Gasteiger charge is 2.23. The zero-order valence-electron chi connectivity index (χ0n) is 11.9. The molecule has 1 aliphatic heterocycles. The van der Waals surface area contributed by atoms with E-state index in [9.17, 15) is 9.59 Å². The summed E-state index contributed by atoms with van der Waals surface area (Å²) < 4.78 is 0. The number of nitriles is 1. The number of carboxylic acids is 1. The largest absolute Gasteiger partial charge is 0.478 e. The van der Waals surface area contributed by atoms with Crippen molar-refractivity contribution in [1.82, 2.24) is 9.80 Å². The number of carboxylic acid groups (broad SMARTS) is 1. The van der Waals surface area contributed by atoms with Crippen LogP contribution < -0.4 is 0 Å². The highest BCUT2D eigenvalue weighted by atomic mass is 16.4. The molecule has 21 heavy (non-hydrogen) atoms. The molecule has 1 aromatic rings. The fourth-order valence-corrected chi connectivity index (χ4v) is 2.36. The first-order valence-corrected chi connectivity index (χ1v) is 6.69. The number of carbonyl (C=O) groups is 2. The van der Waals surface area contributed by atoms with Gasteiger partial charge in [-0.2, -0.15) is 5.26 Å². The number of rotatable bonds is 5. The van der Waals surface area contributed by atoms with E-state index in [4.69, 9.17) is 10.4 Å². The number of fused-ring (bicyclic) bond motifs is 1. The number of hydrogen-bond donors (Lipinski definition) is 1. The van der Waals surface area contributed by atoms with E-state index in [1.54, 1.807) is 24.1 Å². The van der Waals surface area contributed by atoms with E-state index in [-0.39, 0.29) is 18.0 Å². The Morgan fingerprint density at radius 3 is 2.76 bits per heavy atom. The van der Waals surface area contributed by atoms with Gasteiger partial charge >= 0.3 is 5.97 Å². The molecule has 0 atom stereocenters. The Morgan fingerprint density at radius 2 is 2.10 bits per heavy atom. The topological polar surface area (TPSA) is 84.6 Å². The second-order valence-corrected chi connectivity index (χ2v) is 5.16. The minimum atomic E-state index is -0.941. The average molecular weight is 287 g/mol. The zero-order valence-corrected chi connectivity index (χ0v) is 11.9. The smallest absolute Gasteiger partial charge is 0.335 e. The maximum atomic E-state index is 12.0. The Morgan fingerprint density at radius 1 is 1.38 bits per heavy atom. The summed E-state index contributed by atoms with van der Waals surface area (Å²) in [5.41, 5.74) is 2.29. The zero-order chi connectivity index (χ0) is 15.4. The molecule has 1 N–H and O–H groups in total. The summed E-state index contributed by atoms with van der Waals surface area (Å²) in [7, 11) is 1.69. The molecule has 110 valence electrons. The van der Waals surface area contributed by atoms with Gasteiger partial charge in [-0.15, -0.1) is 0 Å². The molecular formula is C15H17N3O3. The summed E-state index contributed by atoms with van der Waals surface area (Å²) in [5, 5.41) is 17.5. The predicted molar refractivity (Wildman–Crippen MR) is 75.4 cm³/mol.